The van der Waals surface area contributed by atoms with Crippen molar-refractivity contribution in [3.8, 4) is 0 Å². The lowest BCUT2D eigenvalue weighted by atomic mass is 10.2. The second kappa shape index (κ2) is 7.01. The highest BCUT2D eigenvalue weighted by atomic mass is 16.2. The molecule has 0 saturated carbocycles. The highest BCUT2D eigenvalue weighted by Gasteiger charge is 2.16. The quantitative estimate of drug-likeness (QED) is 0.842. The molecule has 2 amide bonds. The minimum atomic E-state index is -0.0673. The number of amides is 2. The number of urea groups is 1. The van der Waals surface area contributed by atoms with Crippen LogP contribution in [-0.2, 0) is 0 Å². The Labute approximate surface area is 109 Å². The molecule has 1 aromatic rings. The number of nitrogens with two attached hydrogens (primary N) is 1. The van der Waals surface area contributed by atoms with Crippen molar-refractivity contribution < 1.29 is 4.79 Å². The second-order valence-electron chi connectivity index (χ2n) is 4.73. The Kier molecular flexibility index (Phi) is 5.65. The number of hydrogen-bond acceptors (Lipinski definition) is 2. The third kappa shape index (κ3) is 4.37. The first-order valence-corrected chi connectivity index (χ1v) is 6.39. The minimum Gasteiger partial charge on any atom is -0.330 e. The van der Waals surface area contributed by atoms with Gasteiger partial charge in [0.25, 0.3) is 0 Å². The van der Waals surface area contributed by atoms with Crippen molar-refractivity contribution in [1.29, 1.82) is 0 Å². The van der Waals surface area contributed by atoms with Gasteiger partial charge in [0.15, 0.2) is 0 Å². The lowest BCUT2D eigenvalue weighted by Gasteiger charge is -2.26. The van der Waals surface area contributed by atoms with Crippen LogP contribution in [-0.4, -0.2) is 30.1 Å². The number of carbonyl (C=O) groups is 1. The number of nitrogens with one attached hydrogen (secondary N) is 1. The third-order valence-corrected chi connectivity index (χ3v) is 2.79. The molecule has 0 heterocycles. The van der Waals surface area contributed by atoms with Crippen LogP contribution in [0.1, 0.15) is 25.8 Å². The van der Waals surface area contributed by atoms with Crippen LogP contribution in [0.3, 0.4) is 0 Å². The summed E-state index contributed by atoms with van der Waals surface area (Å²) in [6.07, 6.45) is 0.819. The fourth-order valence-electron chi connectivity index (χ4n) is 1.69. The summed E-state index contributed by atoms with van der Waals surface area (Å²) >= 11 is 0. The highest BCUT2D eigenvalue weighted by molar-refractivity contribution is 5.89. The van der Waals surface area contributed by atoms with Crippen LogP contribution in [0.2, 0.25) is 0 Å². The molecule has 0 aliphatic rings. The average Bonchev–Trinajstić information content (AvgIpc) is 2.32. The van der Waals surface area contributed by atoms with E-state index in [0.29, 0.717) is 13.1 Å². The first-order chi connectivity index (χ1) is 8.54. The number of aryl methyl sites for hydroxylation is 1. The molecule has 0 aliphatic heterocycles. The predicted molar refractivity (Wildman–Crippen MR) is 75.7 cm³/mol. The lowest BCUT2D eigenvalue weighted by molar-refractivity contribution is 0.196. The summed E-state index contributed by atoms with van der Waals surface area (Å²) in [5.41, 5.74) is 7.49. The molecule has 100 valence electrons. The van der Waals surface area contributed by atoms with Crippen LogP contribution in [0.25, 0.3) is 0 Å². The maximum Gasteiger partial charge on any atom is 0.322 e. The smallest absolute Gasteiger partial charge is 0.322 e. The van der Waals surface area contributed by atoms with Gasteiger partial charge >= 0.3 is 6.03 Å². The van der Waals surface area contributed by atoms with Gasteiger partial charge in [0.2, 0.25) is 0 Å². The van der Waals surface area contributed by atoms with E-state index in [0.717, 1.165) is 12.1 Å². The Hall–Kier alpha value is -1.55. The van der Waals surface area contributed by atoms with E-state index in [1.165, 1.54) is 5.56 Å². The van der Waals surface area contributed by atoms with Crippen molar-refractivity contribution in [2.45, 2.75) is 33.2 Å². The van der Waals surface area contributed by atoms with Gasteiger partial charge in [-0.1, -0.05) is 17.7 Å². The molecule has 0 spiro atoms. The first-order valence-electron chi connectivity index (χ1n) is 6.39. The van der Waals surface area contributed by atoms with E-state index < -0.39 is 0 Å². The van der Waals surface area contributed by atoms with E-state index in [-0.39, 0.29) is 12.1 Å². The Bertz CT molecular complexity index is 373. The molecule has 0 radical (unpaired) electrons. The van der Waals surface area contributed by atoms with Gasteiger partial charge < -0.3 is 16.0 Å². The summed E-state index contributed by atoms with van der Waals surface area (Å²) in [6, 6.07) is 7.89. The van der Waals surface area contributed by atoms with E-state index >= 15 is 0 Å². The maximum absolute atomic E-state index is 12.1. The van der Waals surface area contributed by atoms with E-state index in [2.05, 4.69) is 5.32 Å². The molecule has 0 aliphatic carbocycles. The van der Waals surface area contributed by atoms with Gasteiger partial charge in [-0.2, -0.15) is 0 Å². The lowest BCUT2D eigenvalue weighted by Crippen LogP contribution is -2.41. The van der Waals surface area contributed by atoms with Crippen LogP contribution in [0.15, 0.2) is 24.3 Å². The Morgan fingerprint density at radius 2 is 1.94 bits per heavy atom. The fourth-order valence-corrected chi connectivity index (χ4v) is 1.69. The zero-order chi connectivity index (χ0) is 13.5. The molecule has 1 aromatic carbocycles. The summed E-state index contributed by atoms with van der Waals surface area (Å²) in [5.74, 6) is 0. The summed E-state index contributed by atoms with van der Waals surface area (Å²) in [6.45, 7) is 7.32. The van der Waals surface area contributed by atoms with E-state index in [1.807, 2.05) is 45.0 Å². The zero-order valence-electron chi connectivity index (χ0n) is 11.4. The normalized spacial score (nSPS) is 10.5. The second-order valence-corrected chi connectivity index (χ2v) is 4.73. The van der Waals surface area contributed by atoms with Crippen LogP contribution in [0, 0.1) is 6.92 Å². The van der Waals surface area contributed by atoms with Gasteiger partial charge in [0.1, 0.15) is 0 Å². The predicted octanol–water partition coefficient (Wildman–Crippen LogP) is 2.59. The highest BCUT2D eigenvalue weighted by Crippen LogP contribution is 2.11. The van der Waals surface area contributed by atoms with Gasteiger partial charge in [-0.25, -0.2) is 4.79 Å². The third-order valence-electron chi connectivity index (χ3n) is 2.79. The monoisotopic (exact) mass is 249 g/mol. The summed E-state index contributed by atoms with van der Waals surface area (Å²) < 4.78 is 0. The van der Waals surface area contributed by atoms with Gasteiger partial charge in [-0.05, 0) is 45.9 Å². The van der Waals surface area contributed by atoms with Crippen molar-refractivity contribution in [3.63, 3.8) is 0 Å². The molecule has 1 rings (SSSR count). The summed E-state index contributed by atoms with van der Waals surface area (Å²) in [4.78, 5) is 13.9. The minimum absolute atomic E-state index is 0.0673. The van der Waals surface area contributed by atoms with Crippen LogP contribution >= 0.6 is 0 Å². The van der Waals surface area contributed by atoms with Crippen LogP contribution in [0.5, 0.6) is 0 Å². The number of hydrogen-bond donors (Lipinski definition) is 2. The van der Waals surface area contributed by atoms with Crippen molar-refractivity contribution in [3.05, 3.63) is 29.8 Å². The molecule has 0 fully saturated rings. The van der Waals surface area contributed by atoms with Crippen molar-refractivity contribution in [2.75, 3.05) is 18.4 Å². The Morgan fingerprint density at radius 1 is 1.33 bits per heavy atom. The summed E-state index contributed by atoms with van der Waals surface area (Å²) in [7, 11) is 0. The van der Waals surface area contributed by atoms with E-state index in [4.69, 9.17) is 5.73 Å². The molecule has 0 bridgehead atoms. The summed E-state index contributed by atoms with van der Waals surface area (Å²) in [5, 5.41) is 2.91. The molecule has 4 heteroatoms. The van der Waals surface area contributed by atoms with Crippen molar-refractivity contribution in [1.82, 2.24) is 4.90 Å². The fraction of sp³-hybridized carbons (Fsp3) is 0.500. The molecule has 18 heavy (non-hydrogen) atoms. The molecule has 4 nitrogen and oxygen atoms in total. The SMILES string of the molecule is Cc1ccc(NC(=O)N(CCCN)C(C)C)cc1. The molecule has 0 aromatic heterocycles. The van der Waals surface area contributed by atoms with Crippen LogP contribution < -0.4 is 11.1 Å². The average molecular weight is 249 g/mol. The number of carbonyl (C=O) groups excluding carboxylic acids is 1. The number of anilines is 1. The molecule has 0 saturated heterocycles. The van der Waals surface area contributed by atoms with Gasteiger partial charge in [-0.15, -0.1) is 0 Å². The largest absolute Gasteiger partial charge is 0.330 e. The van der Waals surface area contributed by atoms with E-state index in [9.17, 15) is 4.79 Å². The maximum atomic E-state index is 12.1. The Morgan fingerprint density at radius 3 is 2.44 bits per heavy atom. The van der Waals surface area contributed by atoms with Crippen LogP contribution in [0.4, 0.5) is 10.5 Å². The molecule has 0 atom stereocenters. The molecule has 0 unspecified atom stereocenters. The number of benzene rings is 1. The first kappa shape index (κ1) is 14.5. The molecule has 3 N–H and O–H groups in total. The van der Waals surface area contributed by atoms with Crippen molar-refractivity contribution >= 4 is 11.7 Å². The van der Waals surface area contributed by atoms with Gasteiger partial charge in [0, 0.05) is 18.3 Å². The van der Waals surface area contributed by atoms with E-state index in [1.54, 1.807) is 4.90 Å². The topological polar surface area (TPSA) is 58.4 Å². The van der Waals surface area contributed by atoms with Gasteiger partial charge in [0.05, 0.1) is 0 Å². The van der Waals surface area contributed by atoms with Gasteiger partial charge in [-0.3, -0.25) is 0 Å². The zero-order valence-corrected chi connectivity index (χ0v) is 11.4. The number of rotatable bonds is 5. The van der Waals surface area contributed by atoms with Crippen molar-refractivity contribution in [2.24, 2.45) is 5.73 Å². The number of nitrogens with zero attached hydrogens (tertiary/aromatic N) is 1. The molecular formula is C14H23N3O. The standard InChI is InChI=1S/C14H23N3O/c1-11(2)17(10-4-9-15)14(18)16-13-7-5-12(3)6-8-13/h5-8,11H,4,9-10,15H2,1-3H3,(H,16,18). The Balaban J connectivity index is 2.63. The molecular weight excluding hydrogens is 226 g/mol.